The van der Waals surface area contributed by atoms with Crippen LogP contribution < -0.4 is 0 Å². The summed E-state index contributed by atoms with van der Waals surface area (Å²) in [5.74, 6) is -0.157. The predicted molar refractivity (Wildman–Crippen MR) is 24.8 cm³/mol. The second kappa shape index (κ2) is 5.40. The standard InChI is InChI=1S/C4H8O2.FH/c1-3-4(5)6-2;/h3H2,1-2H3;1H. The zero-order valence-electron chi connectivity index (χ0n) is 4.43. The highest BCUT2D eigenvalue weighted by Crippen LogP contribution is 1.76. The van der Waals surface area contributed by atoms with Crippen molar-refractivity contribution in [3.05, 3.63) is 0 Å². The van der Waals surface area contributed by atoms with Gasteiger partial charge in [-0.2, -0.15) is 0 Å². The molecule has 0 fully saturated rings. The minimum Gasteiger partial charge on any atom is -0.469 e. The van der Waals surface area contributed by atoms with Crippen molar-refractivity contribution in [2.75, 3.05) is 7.11 Å². The second-order valence-corrected chi connectivity index (χ2v) is 0.930. The van der Waals surface area contributed by atoms with Crippen molar-refractivity contribution in [2.24, 2.45) is 0 Å². The molecule has 3 heteroatoms. The molecule has 0 aromatic heterocycles. The molecule has 0 spiro atoms. The Morgan fingerprint density at radius 2 is 2.14 bits per heavy atom. The lowest BCUT2D eigenvalue weighted by molar-refractivity contribution is -0.140. The summed E-state index contributed by atoms with van der Waals surface area (Å²) in [7, 11) is 1.38. The molecule has 0 amide bonds. The van der Waals surface area contributed by atoms with Gasteiger partial charge >= 0.3 is 5.97 Å². The molecule has 0 unspecified atom stereocenters. The number of esters is 1. The third kappa shape index (κ3) is 5.40. The van der Waals surface area contributed by atoms with Crippen molar-refractivity contribution >= 4 is 5.97 Å². The van der Waals surface area contributed by atoms with Gasteiger partial charge in [-0.25, -0.2) is 0 Å². The van der Waals surface area contributed by atoms with Crippen molar-refractivity contribution in [3.63, 3.8) is 0 Å². The Bertz CT molecular complexity index is 47.7. The summed E-state index contributed by atoms with van der Waals surface area (Å²) < 4.78 is 4.26. The van der Waals surface area contributed by atoms with Gasteiger partial charge in [-0.3, -0.25) is 9.50 Å². The lowest BCUT2D eigenvalue weighted by Crippen LogP contribution is -1.94. The lowest BCUT2D eigenvalue weighted by Gasteiger charge is -1.87. The topological polar surface area (TPSA) is 26.3 Å². The molecule has 0 aliphatic carbocycles. The Morgan fingerprint density at radius 1 is 1.71 bits per heavy atom. The van der Waals surface area contributed by atoms with E-state index in [-0.39, 0.29) is 10.7 Å². The molecule has 0 heterocycles. The lowest BCUT2D eigenvalue weighted by atomic mass is 10.5. The van der Waals surface area contributed by atoms with Gasteiger partial charge in [0.15, 0.2) is 0 Å². The molecule has 0 radical (unpaired) electrons. The molecule has 0 saturated carbocycles. The molecule has 0 aliphatic heterocycles. The van der Waals surface area contributed by atoms with Crippen LogP contribution in [0, 0.1) is 0 Å². The Morgan fingerprint density at radius 3 is 2.14 bits per heavy atom. The van der Waals surface area contributed by atoms with Gasteiger partial charge < -0.3 is 4.74 Å². The van der Waals surface area contributed by atoms with Crippen molar-refractivity contribution < 1.29 is 14.2 Å². The van der Waals surface area contributed by atoms with Gasteiger partial charge in [0.2, 0.25) is 0 Å². The van der Waals surface area contributed by atoms with Crippen LogP contribution in [0.5, 0.6) is 0 Å². The van der Waals surface area contributed by atoms with Crippen molar-refractivity contribution in [1.82, 2.24) is 0 Å². The van der Waals surface area contributed by atoms with Gasteiger partial charge in [0.05, 0.1) is 7.11 Å². The molecule has 0 aromatic carbocycles. The maximum atomic E-state index is 9.96. The quantitative estimate of drug-likeness (QED) is 0.463. The molecule has 0 rings (SSSR count). The zero-order valence-corrected chi connectivity index (χ0v) is 4.43. The van der Waals surface area contributed by atoms with Crippen molar-refractivity contribution in [3.8, 4) is 0 Å². The van der Waals surface area contributed by atoms with Crippen LogP contribution in [0.25, 0.3) is 0 Å². The van der Waals surface area contributed by atoms with Crippen LogP contribution in [0.1, 0.15) is 13.3 Å². The highest BCUT2D eigenvalue weighted by Gasteiger charge is 1.87. The molecule has 44 valence electrons. The highest BCUT2D eigenvalue weighted by molar-refractivity contribution is 5.68. The predicted octanol–water partition coefficient (Wildman–Crippen LogP) is 0.722. The number of ether oxygens (including phenoxy) is 1. The van der Waals surface area contributed by atoms with E-state index in [9.17, 15) is 4.79 Å². The average molecular weight is 108 g/mol. The number of carbonyl (C=O) groups is 1. The van der Waals surface area contributed by atoms with E-state index in [0.717, 1.165) is 0 Å². The first kappa shape index (κ1) is 9.64. The van der Waals surface area contributed by atoms with E-state index < -0.39 is 0 Å². The van der Waals surface area contributed by atoms with Gasteiger partial charge in [0, 0.05) is 6.42 Å². The largest absolute Gasteiger partial charge is 0.469 e. The first-order valence-electron chi connectivity index (χ1n) is 1.88. The van der Waals surface area contributed by atoms with Crippen LogP contribution in [0.15, 0.2) is 0 Å². The van der Waals surface area contributed by atoms with Gasteiger partial charge in [-0.05, 0) is 0 Å². The maximum absolute atomic E-state index is 9.96. The van der Waals surface area contributed by atoms with Crippen LogP contribution in [0.2, 0.25) is 0 Å². The minimum absolute atomic E-state index is 0. The smallest absolute Gasteiger partial charge is 0.305 e. The van der Waals surface area contributed by atoms with E-state index in [4.69, 9.17) is 0 Å². The van der Waals surface area contributed by atoms with Gasteiger partial charge in [-0.15, -0.1) is 0 Å². The molecule has 7 heavy (non-hydrogen) atoms. The molecule has 0 bridgehead atoms. The fraction of sp³-hybridized carbons (Fsp3) is 0.750. The van der Waals surface area contributed by atoms with Gasteiger partial charge in [0.1, 0.15) is 0 Å². The van der Waals surface area contributed by atoms with Crippen LogP contribution in [0.4, 0.5) is 4.70 Å². The first-order chi connectivity index (χ1) is 2.81. The monoisotopic (exact) mass is 108 g/mol. The van der Waals surface area contributed by atoms with Crippen LogP contribution in [0.3, 0.4) is 0 Å². The molecule has 0 atom stereocenters. The van der Waals surface area contributed by atoms with Crippen LogP contribution in [-0.2, 0) is 9.53 Å². The molecule has 2 nitrogen and oxygen atoms in total. The van der Waals surface area contributed by atoms with Crippen LogP contribution in [-0.4, -0.2) is 13.1 Å². The minimum atomic E-state index is -0.157. The Balaban J connectivity index is 0. The third-order valence-electron chi connectivity index (χ3n) is 0.516. The summed E-state index contributed by atoms with van der Waals surface area (Å²) in [5.41, 5.74) is 0. The van der Waals surface area contributed by atoms with Crippen molar-refractivity contribution in [1.29, 1.82) is 0 Å². The van der Waals surface area contributed by atoms with Gasteiger partial charge in [0.25, 0.3) is 0 Å². The van der Waals surface area contributed by atoms with Gasteiger partial charge in [-0.1, -0.05) is 6.92 Å². The number of hydrogen-bond donors (Lipinski definition) is 0. The Kier molecular flexibility index (Phi) is 7.44. The van der Waals surface area contributed by atoms with E-state index in [2.05, 4.69) is 4.74 Å². The maximum Gasteiger partial charge on any atom is 0.305 e. The molecular formula is C4H9FO2. The summed E-state index contributed by atoms with van der Waals surface area (Å²) in [5, 5.41) is 0. The summed E-state index contributed by atoms with van der Waals surface area (Å²) in [6, 6.07) is 0. The third-order valence-corrected chi connectivity index (χ3v) is 0.516. The Labute approximate surface area is 41.8 Å². The Hall–Kier alpha value is -0.600. The average Bonchev–Trinajstić information content (AvgIpc) is 1.65. The van der Waals surface area contributed by atoms with E-state index >= 15 is 0 Å². The normalized spacial score (nSPS) is 6.57. The van der Waals surface area contributed by atoms with E-state index in [1.54, 1.807) is 6.92 Å². The number of rotatable bonds is 1. The SMILES string of the molecule is CCC(=O)OC.F. The fourth-order valence-corrected chi connectivity index (χ4v) is 0.144. The number of halogens is 1. The number of hydrogen-bond acceptors (Lipinski definition) is 2. The molecule has 0 N–H and O–H groups in total. The summed E-state index contributed by atoms with van der Waals surface area (Å²) in [6.07, 6.45) is 0.469. The van der Waals surface area contributed by atoms with Crippen LogP contribution >= 0.6 is 0 Å². The molecule has 0 aromatic rings. The molecule has 0 saturated heterocycles. The number of methoxy groups -OCH3 is 1. The fourth-order valence-electron chi connectivity index (χ4n) is 0.144. The summed E-state index contributed by atoms with van der Waals surface area (Å²) in [6.45, 7) is 1.76. The van der Waals surface area contributed by atoms with Crippen molar-refractivity contribution in [2.45, 2.75) is 13.3 Å². The molecule has 0 aliphatic rings. The highest BCUT2D eigenvalue weighted by atomic mass is 19.0. The van der Waals surface area contributed by atoms with E-state index in [0.29, 0.717) is 6.42 Å². The van der Waals surface area contributed by atoms with E-state index in [1.165, 1.54) is 7.11 Å². The van der Waals surface area contributed by atoms with E-state index in [1.807, 2.05) is 0 Å². The zero-order chi connectivity index (χ0) is 4.99. The molecular weight excluding hydrogens is 99.0 g/mol. The summed E-state index contributed by atoms with van der Waals surface area (Å²) in [4.78, 5) is 9.96. The first-order valence-corrected chi connectivity index (χ1v) is 1.88. The number of carbonyl (C=O) groups excluding carboxylic acids is 1. The second-order valence-electron chi connectivity index (χ2n) is 0.930. The summed E-state index contributed by atoms with van der Waals surface area (Å²) >= 11 is 0.